The van der Waals surface area contributed by atoms with E-state index in [0.717, 1.165) is 0 Å². The van der Waals surface area contributed by atoms with Crippen LogP contribution in [0.15, 0.2) is 60.7 Å². The van der Waals surface area contributed by atoms with Crippen molar-refractivity contribution in [3.63, 3.8) is 0 Å². The fourth-order valence-electron chi connectivity index (χ4n) is 5.60. The van der Waals surface area contributed by atoms with Gasteiger partial charge in [0, 0.05) is 5.56 Å². The number of benzene rings is 2. The minimum absolute atomic E-state index is 0.423. The summed E-state index contributed by atoms with van der Waals surface area (Å²) in [4.78, 5) is 0. The Labute approximate surface area is 254 Å². The predicted molar refractivity (Wildman–Crippen MR) is 176 cm³/mol. The second kappa shape index (κ2) is 23.8. The fraction of sp³-hybridized carbons (Fsp3) is 0.667. The van der Waals surface area contributed by atoms with Gasteiger partial charge in [0.15, 0.2) is 0 Å². The molecule has 0 saturated heterocycles. The van der Waals surface area contributed by atoms with Gasteiger partial charge in [-0.25, -0.2) is 8.42 Å². The highest BCUT2D eigenvalue weighted by Crippen LogP contribution is 2.21. The van der Waals surface area contributed by atoms with Gasteiger partial charge in [0.1, 0.15) is 6.54 Å². The van der Waals surface area contributed by atoms with Crippen molar-refractivity contribution in [2.24, 2.45) is 0 Å². The van der Waals surface area contributed by atoms with Crippen molar-refractivity contribution in [3.8, 4) is 0 Å². The minimum atomic E-state index is -4.13. The summed E-state index contributed by atoms with van der Waals surface area (Å²) in [5.41, 5.74) is 2.06. The van der Waals surface area contributed by atoms with Crippen LogP contribution in [-0.4, -0.2) is 37.1 Å². The molecule has 5 heteroatoms. The second-order valence-corrected chi connectivity index (χ2v) is 13.3. The molecular weight excluding hydrogens is 526 g/mol. The number of unbranched alkanes of at least 4 members (excludes halogenated alkanes) is 13. The number of hydrogen-bond acceptors (Lipinski definition) is 3. The molecule has 41 heavy (non-hydrogen) atoms. The Bertz CT molecular complexity index is 939. The number of quaternary nitrogens is 1. The Morgan fingerprint density at radius 1 is 0.512 bits per heavy atom. The van der Waals surface area contributed by atoms with Gasteiger partial charge in [0.05, 0.1) is 35.5 Å². The van der Waals surface area contributed by atoms with Gasteiger partial charge >= 0.3 is 0 Å². The lowest BCUT2D eigenvalue weighted by atomic mass is 10.0. The first kappa shape index (κ1) is 37.3. The number of hydrogen-bond donors (Lipinski definition) is 0. The van der Waals surface area contributed by atoms with E-state index >= 15 is 0 Å². The average Bonchev–Trinajstić information content (AvgIpc) is 2.96. The average molecular weight is 588 g/mol. The molecule has 2 aromatic rings. The molecule has 0 aliphatic carbocycles. The molecule has 0 aliphatic rings. The molecule has 0 N–H and O–H groups in total. The van der Waals surface area contributed by atoms with E-state index in [1.165, 1.54) is 139 Å². The normalized spacial score (nSPS) is 11.7. The summed E-state index contributed by atoms with van der Waals surface area (Å²) in [5.74, 6) is -0.423. The number of rotatable bonds is 23. The van der Waals surface area contributed by atoms with Crippen LogP contribution in [0, 0.1) is 0 Å². The molecule has 2 rings (SSSR count). The third-order valence-electron chi connectivity index (χ3n) is 8.01. The Hall–Kier alpha value is -1.69. The van der Waals surface area contributed by atoms with E-state index in [2.05, 4.69) is 51.1 Å². The third kappa shape index (κ3) is 20.8. The molecule has 4 nitrogen and oxygen atoms in total. The van der Waals surface area contributed by atoms with Crippen molar-refractivity contribution in [2.45, 2.75) is 136 Å². The largest absolute Gasteiger partial charge is 0.748 e. The quantitative estimate of drug-likeness (QED) is 0.0738. The van der Waals surface area contributed by atoms with Gasteiger partial charge in [0.2, 0.25) is 0 Å². The summed E-state index contributed by atoms with van der Waals surface area (Å²) in [7, 11) is -4.13. The number of nitrogens with zero attached hydrogens (tertiary/aromatic N) is 1. The van der Waals surface area contributed by atoms with Crippen LogP contribution in [0.4, 0.5) is 0 Å². The smallest absolute Gasteiger partial charge is 0.104 e. The van der Waals surface area contributed by atoms with Gasteiger partial charge in [-0.2, -0.15) is 0 Å². The SMILES string of the molecule is CCCCCCCCCCCCCC[N+](CCCC)(CCCC)Cc1ccccc1.O=S(=O)([O-])Cc1ccccc1. The molecule has 0 amide bonds. The molecule has 0 aliphatic heterocycles. The first-order valence-corrected chi connectivity index (χ1v) is 18.3. The first-order valence-electron chi connectivity index (χ1n) is 16.7. The van der Waals surface area contributed by atoms with Crippen LogP contribution in [0.5, 0.6) is 0 Å². The molecule has 0 saturated carbocycles. The molecule has 0 heterocycles. The Balaban J connectivity index is 0.000000634. The van der Waals surface area contributed by atoms with Crippen molar-refractivity contribution in [1.29, 1.82) is 0 Å². The second-order valence-electron chi connectivity index (χ2n) is 11.9. The zero-order valence-corrected chi connectivity index (χ0v) is 27.5. The van der Waals surface area contributed by atoms with Gasteiger partial charge in [-0.1, -0.05) is 158 Å². The van der Waals surface area contributed by atoms with Crippen molar-refractivity contribution >= 4 is 10.1 Å². The Morgan fingerprint density at radius 3 is 1.29 bits per heavy atom. The molecule has 234 valence electrons. The van der Waals surface area contributed by atoms with Gasteiger partial charge in [-0.05, 0) is 31.2 Å². The van der Waals surface area contributed by atoms with E-state index < -0.39 is 15.9 Å². The summed E-state index contributed by atoms with van der Waals surface area (Å²) in [6.07, 6.45) is 22.7. The van der Waals surface area contributed by atoms with E-state index in [1.54, 1.807) is 30.3 Å². The summed E-state index contributed by atoms with van der Waals surface area (Å²) in [6.45, 7) is 12.3. The van der Waals surface area contributed by atoms with Crippen molar-refractivity contribution < 1.29 is 17.5 Å². The van der Waals surface area contributed by atoms with E-state index in [9.17, 15) is 13.0 Å². The van der Waals surface area contributed by atoms with Crippen LogP contribution in [0.3, 0.4) is 0 Å². The maximum atomic E-state index is 10.2. The minimum Gasteiger partial charge on any atom is -0.748 e. The summed E-state index contributed by atoms with van der Waals surface area (Å²) < 4.78 is 32.1. The molecule has 0 fully saturated rings. The standard InChI is InChI=1S/C29H54N.C7H8O3S/c1-4-7-10-11-12-13-14-15-16-17-18-22-27-30(25-8-5-2,26-9-6-3)28-29-23-20-19-21-24-29;8-11(9,10)6-7-4-2-1-3-5-7/h19-21,23-24H,4-18,22,25-28H2,1-3H3;1-5H,6H2,(H,8,9,10)/q+1;/p-1. The highest BCUT2D eigenvalue weighted by Gasteiger charge is 2.26. The third-order valence-corrected chi connectivity index (χ3v) is 8.69. The topological polar surface area (TPSA) is 57.2 Å². The lowest BCUT2D eigenvalue weighted by Crippen LogP contribution is -2.49. The monoisotopic (exact) mass is 587 g/mol. The lowest BCUT2D eigenvalue weighted by molar-refractivity contribution is -0.941. The van der Waals surface area contributed by atoms with Gasteiger partial charge in [-0.3, -0.25) is 0 Å². The zero-order chi connectivity index (χ0) is 30.1. The van der Waals surface area contributed by atoms with Gasteiger partial charge in [0.25, 0.3) is 0 Å². The highest BCUT2D eigenvalue weighted by atomic mass is 32.2. The van der Waals surface area contributed by atoms with E-state index in [4.69, 9.17) is 0 Å². The molecular formula is C36H61NO3S. The van der Waals surface area contributed by atoms with Crippen LogP contribution in [0.25, 0.3) is 0 Å². The van der Waals surface area contributed by atoms with Crippen LogP contribution in [-0.2, 0) is 22.4 Å². The molecule has 2 aromatic carbocycles. The molecule has 0 atom stereocenters. The first-order chi connectivity index (χ1) is 19.8. The van der Waals surface area contributed by atoms with Crippen LogP contribution in [0.1, 0.15) is 135 Å². The van der Waals surface area contributed by atoms with Gasteiger partial charge < -0.3 is 9.04 Å². The molecule has 0 radical (unpaired) electrons. The predicted octanol–water partition coefficient (Wildman–Crippen LogP) is 10.0. The Morgan fingerprint density at radius 2 is 0.878 bits per heavy atom. The molecule has 0 unspecified atom stereocenters. The van der Waals surface area contributed by atoms with Crippen molar-refractivity contribution in [3.05, 3.63) is 71.8 Å². The van der Waals surface area contributed by atoms with Gasteiger partial charge in [-0.15, -0.1) is 0 Å². The summed E-state index contributed by atoms with van der Waals surface area (Å²) in [5, 5.41) is 0. The Kier molecular flexibility index (Phi) is 21.7. The maximum absolute atomic E-state index is 10.2. The van der Waals surface area contributed by atoms with E-state index in [-0.39, 0.29) is 0 Å². The maximum Gasteiger partial charge on any atom is 0.104 e. The van der Waals surface area contributed by atoms with Crippen molar-refractivity contribution in [2.75, 3.05) is 19.6 Å². The van der Waals surface area contributed by atoms with Crippen LogP contribution >= 0.6 is 0 Å². The molecule has 0 bridgehead atoms. The summed E-state index contributed by atoms with van der Waals surface area (Å²) in [6, 6.07) is 19.6. The lowest BCUT2D eigenvalue weighted by Gasteiger charge is -2.39. The van der Waals surface area contributed by atoms with E-state index in [0.29, 0.717) is 5.56 Å². The van der Waals surface area contributed by atoms with Crippen molar-refractivity contribution in [1.82, 2.24) is 0 Å². The van der Waals surface area contributed by atoms with Crippen LogP contribution in [0.2, 0.25) is 0 Å². The molecule has 0 aromatic heterocycles. The summed E-state index contributed by atoms with van der Waals surface area (Å²) >= 11 is 0. The zero-order valence-electron chi connectivity index (χ0n) is 26.7. The molecule has 0 spiro atoms. The van der Waals surface area contributed by atoms with Crippen LogP contribution < -0.4 is 0 Å². The van der Waals surface area contributed by atoms with E-state index in [1.807, 2.05) is 0 Å². The highest BCUT2D eigenvalue weighted by molar-refractivity contribution is 7.84. The fourth-order valence-corrected chi connectivity index (χ4v) is 6.20.